The average molecular weight is 305 g/mol. The predicted octanol–water partition coefficient (Wildman–Crippen LogP) is 3.23. The second kappa shape index (κ2) is 5.51. The van der Waals surface area contributed by atoms with Crippen LogP contribution in [0.15, 0.2) is 30.3 Å². The van der Waals surface area contributed by atoms with Gasteiger partial charge in [-0.1, -0.05) is 17.7 Å². The van der Waals surface area contributed by atoms with Gasteiger partial charge in [-0.05, 0) is 18.2 Å². The van der Waals surface area contributed by atoms with Crippen molar-refractivity contribution in [3.8, 4) is 11.6 Å². The van der Waals surface area contributed by atoms with Gasteiger partial charge in [0.1, 0.15) is 11.6 Å². The van der Waals surface area contributed by atoms with Gasteiger partial charge >= 0.3 is 6.18 Å². The highest BCUT2D eigenvalue weighted by Gasteiger charge is 2.35. The fraction of sp³-hybridized carbons (Fsp3) is 0.0909. The largest absolute Gasteiger partial charge is 0.451 e. The molecule has 0 radical (unpaired) electrons. The molecule has 3 N–H and O–H groups in total. The highest BCUT2D eigenvalue weighted by Crippen LogP contribution is 2.30. The molecule has 0 bridgehead atoms. The molecule has 0 saturated carbocycles. The molecule has 0 aliphatic rings. The van der Waals surface area contributed by atoms with Crippen molar-refractivity contribution in [3.63, 3.8) is 0 Å². The number of hydrogen-bond acceptors (Lipinski definition) is 5. The van der Waals surface area contributed by atoms with Crippen LogP contribution >= 0.6 is 11.6 Å². The van der Waals surface area contributed by atoms with E-state index in [4.69, 9.17) is 22.2 Å². The molecule has 1 aromatic carbocycles. The number of nitrogens with two attached hydrogens (primary N) is 1. The number of rotatable bonds is 3. The summed E-state index contributed by atoms with van der Waals surface area (Å²) in [6.45, 7) is 0. The number of hydrazine groups is 1. The van der Waals surface area contributed by atoms with Crippen LogP contribution in [0.1, 0.15) is 5.82 Å². The lowest BCUT2D eigenvalue weighted by molar-refractivity contribution is -0.145. The second-order valence-corrected chi connectivity index (χ2v) is 4.05. The molecule has 1 aromatic heterocycles. The Kier molecular flexibility index (Phi) is 3.96. The first-order valence-corrected chi connectivity index (χ1v) is 5.62. The van der Waals surface area contributed by atoms with Crippen molar-refractivity contribution in [1.29, 1.82) is 0 Å². The van der Waals surface area contributed by atoms with E-state index in [1.54, 1.807) is 12.1 Å². The third kappa shape index (κ3) is 3.49. The Labute approximate surface area is 116 Å². The minimum Gasteiger partial charge on any atom is -0.439 e. The first-order chi connectivity index (χ1) is 9.38. The van der Waals surface area contributed by atoms with Gasteiger partial charge in [0.15, 0.2) is 0 Å². The van der Waals surface area contributed by atoms with Crippen LogP contribution in [0.5, 0.6) is 11.6 Å². The standard InChI is InChI=1S/C11H8ClF3N4O/c12-6-2-1-3-7(4-6)20-9-5-8(19-16)17-10(18-9)11(13,14)15/h1-5H,16H2,(H,17,18,19). The van der Waals surface area contributed by atoms with E-state index in [9.17, 15) is 13.2 Å². The molecule has 0 spiro atoms. The molecule has 0 fully saturated rings. The molecule has 20 heavy (non-hydrogen) atoms. The summed E-state index contributed by atoms with van der Waals surface area (Å²) in [5.74, 6) is 3.43. The Balaban J connectivity index is 2.36. The molecular formula is C11H8ClF3N4O. The Morgan fingerprint density at radius 3 is 2.55 bits per heavy atom. The first kappa shape index (κ1) is 14.4. The zero-order chi connectivity index (χ0) is 14.8. The molecule has 1 heterocycles. The summed E-state index contributed by atoms with van der Waals surface area (Å²) in [4.78, 5) is 6.48. The van der Waals surface area contributed by atoms with Crippen molar-refractivity contribution in [2.75, 3.05) is 5.43 Å². The maximum Gasteiger partial charge on any atom is 0.451 e. The van der Waals surface area contributed by atoms with Crippen molar-refractivity contribution < 1.29 is 17.9 Å². The number of nitrogen functional groups attached to an aromatic ring is 1. The monoisotopic (exact) mass is 304 g/mol. The van der Waals surface area contributed by atoms with Crippen LogP contribution in [0.2, 0.25) is 5.02 Å². The number of anilines is 1. The van der Waals surface area contributed by atoms with Crippen molar-refractivity contribution in [3.05, 3.63) is 41.2 Å². The van der Waals surface area contributed by atoms with Crippen LogP contribution in [-0.2, 0) is 6.18 Å². The third-order valence-corrected chi connectivity index (χ3v) is 2.36. The highest BCUT2D eigenvalue weighted by molar-refractivity contribution is 6.30. The van der Waals surface area contributed by atoms with Gasteiger partial charge in [-0.25, -0.2) is 10.8 Å². The van der Waals surface area contributed by atoms with Crippen LogP contribution in [-0.4, -0.2) is 9.97 Å². The molecule has 0 atom stereocenters. The summed E-state index contributed by atoms with van der Waals surface area (Å²) in [6, 6.07) is 7.29. The van der Waals surface area contributed by atoms with Gasteiger partial charge in [0.2, 0.25) is 11.7 Å². The van der Waals surface area contributed by atoms with E-state index in [0.717, 1.165) is 6.07 Å². The Bertz CT molecular complexity index is 621. The molecule has 2 aromatic rings. The SMILES string of the molecule is NNc1cc(Oc2cccc(Cl)c2)nc(C(F)(F)F)n1. The molecule has 106 valence electrons. The minimum atomic E-state index is -4.71. The molecule has 5 nitrogen and oxygen atoms in total. The average Bonchev–Trinajstić information content (AvgIpc) is 2.37. The fourth-order valence-electron chi connectivity index (χ4n) is 1.33. The van der Waals surface area contributed by atoms with Gasteiger partial charge in [0.25, 0.3) is 0 Å². The summed E-state index contributed by atoms with van der Waals surface area (Å²) in [5.41, 5.74) is 2.02. The molecular weight excluding hydrogens is 297 g/mol. The van der Waals surface area contributed by atoms with E-state index >= 15 is 0 Å². The lowest BCUT2D eigenvalue weighted by Gasteiger charge is -2.10. The van der Waals surface area contributed by atoms with E-state index in [-0.39, 0.29) is 17.4 Å². The number of nitrogens with one attached hydrogen (secondary N) is 1. The van der Waals surface area contributed by atoms with Crippen LogP contribution in [0.3, 0.4) is 0 Å². The van der Waals surface area contributed by atoms with Crippen LogP contribution < -0.4 is 16.0 Å². The van der Waals surface area contributed by atoms with Gasteiger partial charge in [-0.2, -0.15) is 18.2 Å². The molecule has 2 rings (SSSR count). The number of ether oxygens (including phenoxy) is 1. The van der Waals surface area contributed by atoms with E-state index < -0.39 is 12.0 Å². The van der Waals surface area contributed by atoms with Crippen LogP contribution in [0, 0.1) is 0 Å². The van der Waals surface area contributed by atoms with E-state index in [2.05, 4.69) is 9.97 Å². The number of aromatic nitrogens is 2. The first-order valence-electron chi connectivity index (χ1n) is 5.25. The normalized spacial score (nSPS) is 11.2. The van der Waals surface area contributed by atoms with Crippen molar-refractivity contribution in [2.45, 2.75) is 6.18 Å². The fourth-order valence-corrected chi connectivity index (χ4v) is 1.51. The highest BCUT2D eigenvalue weighted by atomic mass is 35.5. The van der Waals surface area contributed by atoms with Crippen molar-refractivity contribution >= 4 is 17.4 Å². The van der Waals surface area contributed by atoms with Crippen molar-refractivity contribution in [1.82, 2.24) is 9.97 Å². The lowest BCUT2D eigenvalue weighted by Crippen LogP contribution is -2.16. The maximum absolute atomic E-state index is 12.6. The summed E-state index contributed by atoms with van der Waals surface area (Å²) in [7, 11) is 0. The molecule has 0 aliphatic heterocycles. The number of hydrogen-bond donors (Lipinski definition) is 2. The molecule has 0 aliphatic carbocycles. The Morgan fingerprint density at radius 2 is 1.95 bits per heavy atom. The number of benzene rings is 1. The molecule has 0 unspecified atom stereocenters. The summed E-state index contributed by atoms with van der Waals surface area (Å²) in [6.07, 6.45) is -4.71. The van der Waals surface area contributed by atoms with Crippen molar-refractivity contribution in [2.24, 2.45) is 5.84 Å². The van der Waals surface area contributed by atoms with Crippen LogP contribution in [0.25, 0.3) is 0 Å². The Morgan fingerprint density at radius 1 is 1.20 bits per heavy atom. The van der Waals surface area contributed by atoms with Gasteiger partial charge in [-0.3, -0.25) is 0 Å². The Hall–Kier alpha value is -2.06. The third-order valence-electron chi connectivity index (χ3n) is 2.12. The van der Waals surface area contributed by atoms with Crippen LogP contribution in [0.4, 0.5) is 19.0 Å². The molecule has 0 amide bonds. The quantitative estimate of drug-likeness (QED) is 0.673. The van der Waals surface area contributed by atoms with Gasteiger partial charge < -0.3 is 10.2 Å². The van der Waals surface area contributed by atoms with Gasteiger partial charge in [0.05, 0.1) is 0 Å². The topological polar surface area (TPSA) is 73.1 Å². The molecule has 0 saturated heterocycles. The number of alkyl halides is 3. The second-order valence-electron chi connectivity index (χ2n) is 3.62. The summed E-state index contributed by atoms with van der Waals surface area (Å²) >= 11 is 5.75. The van der Waals surface area contributed by atoms with E-state index in [1.165, 1.54) is 12.1 Å². The maximum atomic E-state index is 12.6. The zero-order valence-electron chi connectivity index (χ0n) is 9.78. The molecule has 9 heteroatoms. The van der Waals surface area contributed by atoms with E-state index in [0.29, 0.717) is 5.02 Å². The van der Waals surface area contributed by atoms with E-state index in [1.807, 2.05) is 5.43 Å². The number of nitrogens with zero attached hydrogens (tertiary/aromatic N) is 2. The van der Waals surface area contributed by atoms with Gasteiger partial charge in [-0.15, -0.1) is 0 Å². The lowest BCUT2D eigenvalue weighted by atomic mass is 10.3. The number of halogens is 4. The zero-order valence-corrected chi connectivity index (χ0v) is 10.5. The smallest absolute Gasteiger partial charge is 0.439 e. The minimum absolute atomic E-state index is 0.218. The summed E-state index contributed by atoms with van der Waals surface area (Å²) in [5, 5.41) is 0.379. The van der Waals surface area contributed by atoms with Gasteiger partial charge in [0, 0.05) is 11.1 Å². The predicted molar refractivity (Wildman–Crippen MR) is 66.4 cm³/mol. The summed E-state index contributed by atoms with van der Waals surface area (Å²) < 4.78 is 43.1.